The highest BCUT2D eigenvalue weighted by Crippen LogP contribution is 2.45. The molecule has 0 aliphatic heterocycles. The molecule has 4 N–H and O–H groups in total. The highest BCUT2D eigenvalue weighted by molar-refractivity contribution is 6.74. The van der Waals surface area contributed by atoms with E-state index in [-0.39, 0.29) is 29.9 Å². The van der Waals surface area contributed by atoms with Crippen LogP contribution >= 0.6 is 0 Å². The Morgan fingerprint density at radius 1 is 1.17 bits per heavy atom. The fourth-order valence-corrected chi connectivity index (χ4v) is 5.71. The molecule has 12 heteroatoms. The number of amides is 2. The van der Waals surface area contributed by atoms with Crippen LogP contribution in [0.2, 0.25) is 18.1 Å². The van der Waals surface area contributed by atoms with Crippen LogP contribution in [0.5, 0.6) is 5.75 Å². The standard InChI is InChI=1S/C30H45FN4O6Si/c1-28(2,3)35-27(39)40-18-30(14-13-20(15-30)17-41-42(7,8)29(4,5)6)26-33-22(23(36)25(38)34-26)24(37)32-16-19-9-11-21(31)12-10-19/h9-12,20,36H,13-18H2,1-8H3,(H,32,37)(H,35,39)(H,33,34,38)/t20-,30+/m1/s1. The number of carbonyl (C=O) groups is 2. The molecular formula is C30H45FN4O6Si. The SMILES string of the molecule is CC(C)(C)NC(=O)OC[C@]1(c2nc(C(=O)NCc3ccc(F)cc3)c(O)c(=O)[nH]2)CC[C@@H](CO[Si](C)(C)C(C)(C)C)C1. The number of hydrogen-bond acceptors (Lipinski definition) is 7. The predicted molar refractivity (Wildman–Crippen MR) is 160 cm³/mol. The van der Waals surface area contributed by atoms with Crippen molar-refractivity contribution in [2.24, 2.45) is 5.92 Å². The Labute approximate surface area is 247 Å². The van der Waals surface area contributed by atoms with Gasteiger partial charge in [-0.05, 0) is 81.8 Å². The number of nitrogens with zero attached hydrogens (tertiary/aromatic N) is 1. The number of rotatable bonds is 9. The summed E-state index contributed by atoms with van der Waals surface area (Å²) in [7, 11) is -2.02. The quantitative estimate of drug-likeness (QED) is 0.291. The van der Waals surface area contributed by atoms with Gasteiger partial charge < -0.3 is 29.9 Å². The van der Waals surface area contributed by atoms with Crippen molar-refractivity contribution >= 4 is 20.3 Å². The van der Waals surface area contributed by atoms with Crippen LogP contribution in [0.3, 0.4) is 0 Å². The first-order valence-electron chi connectivity index (χ1n) is 14.3. The molecule has 10 nitrogen and oxygen atoms in total. The van der Waals surface area contributed by atoms with Crippen LogP contribution in [-0.2, 0) is 21.1 Å². The molecule has 42 heavy (non-hydrogen) atoms. The molecule has 3 rings (SSSR count). The summed E-state index contributed by atoms with van der Waals surface area (Å²) in [5.74, 6) is -1.72. The number of aromatic nitrogens is 2. The zero-order valence-electron chi connectivity index (χ0n) is 25.9. The molecule has 0 radical (unpaired) electrons. The van der Waals surface area contributed by atoms with Gasteiger partial charge in [-0.15, -0.1) is 0 Å². The van der Waals surface area contributed by atoms with E-state index in [1.807, 2.05) is 20.8 Å². The van der Waals surface area contributed by atoms with E-state index in [1.165, 1.54) is 24.3 Å². The third-order valence-corrected chi connectivity index (χ3v) is 12.6. The van der Waals surface area contributed by atoms with E-state index in [0.717, 1.165) is 6.42 Å². The summed E-state index contributed by atoms with van der Waals surface area (Å²) in [6.45, 7) is 16.9. The van der Waals surface area contributed by atoms with Crippen LogP contribution in [0.4, 0.5) is 9.18 Å². The third kappa shape index (κ3) is 8.40. The van der Waals surface area contributed by atoms with Crippen molar-refractivity contribution in [2.45, 2.75) is 96.4 Å². The first kappa shape index (κ1) is 33.3. The lowest BCUT2D eigenvalue weighted by Gasteiger charge is -2.37. The molecule has 0 spiro atoms. The van der Waals surface area contributed by atoms with E-state index in [1.54, 1.807) is 0 Å². The van der Waals surface area contributed by atoms with E-state index in [0.29, 0.717) is 25.0 Å². The molecule has 0 saturated heterocycles. The van der Waals surface area contributed by atoms with Gasteiger partial charge in [0.05, 0.1) is 5.41 Å². The average molecular weight is 605 g/mol. The van der Waals surface area contributed by atoms with Crippen LogP contribution in [-0.4, -0.2) is 54.1 Å². The summed E-state index contributed by atoms with van der Waals surface area (Å²) >= 11 is 0. The van der Waals surface area contributed by atoms with Gasteiger partial charge in [0.1, 0.15) is 18.2 Å². The molecule has 1 aromatic carbocycles. The van der Waals surface area contributed by atoms with Gasteiger partial charge in [-0.3, -0.25) is 9.59 Å². The van der Waals surface area contributed by atoms with Gasteiger partial charge in [0, 0.05) is 18.7 Å². The fraction of sp³-hybridized carbons (Fsp3) is 0.600. The Kier molecular flexibility index (Phi) is 9.93. The molecule has 2 atom stereocenters. The van der Waals surface area contributed by atoms with Gasteiger partial charge in [-0.2, -0.15) is 0 Å². The molecule has 1 heterocycles. The largest absolute Gasteiger partial charge is 0.501 e. The monoisotopic (exact) mass is 604 g/mol. The number of aromatic hydroxyl groups is 1. The first-order valence-corrected chi connectivity index (χ1v) is 17.2. The number of aromatic amines is 1. The van der Waals surface area contributed by atoms with Crippen molar-refractivity contribution in [2.75, 3.05) is 13.2 Å². The molecule has 2 aromatic rings. The first-order chi connectivity index (χ1) is 19.3. The second-order valence-corrected chi connectivity index (χ2v) is 18.6. The average Bonchev–Trinajstić information content (AvgIpc) is 3.30. The number of alkyl carbamates (subject to hydrolysis) is 1. The lowest BCUT2D eigenvalue weighted by atomic mass is 9.85. The van der Waals surface area contributed by atoms with Crippen LogP contribution in [0.1, 0.15) is 82.7 Å². The number of benzene rings is 1. The van der Waals surface area contributed by atoms with Crippen molar-refractivity contribution in [1.82, 2.24) is 20.6 Å². The van der Waals surface area contributed by atoms with Crippen LogP contribution < -0.4 is 16.2 Å². The second kappa shape index (κ2) is 12.5. The summed E-state index contributed by atoms with van der Waals surface area (Å²) < 4.78 is 25.4. The van der Waals surface area contributed by atoms with Gasteiger partial charge in [0.15, 0.2) is 14.0 Å². The Balaban J connectivity index is 1.89. The maximum absolute atomic E-state index is 13.2. The number of nitrogens with one attached hydrogen (secondary N) is 3. The Hall–Kier alpha value is -3.25. The normalized spacial score (nSPS) is 19.4. The summed E-state index contributed by atoms with van der Waals surface area (Å²) in [4.78, 5) is 45.6. The lowest BCUT2D eigenvalue weighted by Crippen LogP contribution is -2.44. The summed E-state index contributed by atoms with van der Waals surface area (Å²) in [6.07, 6.45) is 1.14. The maximum atomic E-state index is 13.2. The van der Waals surface area contributed by atoms with Crippen molar-refractivity contribution in [1.29, 1.82) is 0 Å². The summed E-state index contributed by atoms with van der Waals surface area (Å²) in [5, 5.41) is 15.9. The van der Waals surface area contributed by atoms with Gasteiger partial charge in [0.25, 0.3) is 11.5 Å². The minimum absolute atomic E-state index is 0.0382. The van der Waals surface area contributed by atoms with E-state index in [2.05, 4.69) is 54.5 Å². The van der Waals surface area contributed by atoms with Crippen molar-refractivity contribution in [3.05, 3.63) is 57.5 Å². The molecule has 1 aliphatic carbocycles. The van der Waals surface area contributed by atoms with Gasteiger partial charge in [-0.1, -0.05) is 32.9 Å². The molecule has 1 saturated carbocycles. The van der Waals surface area contributed by atoms with Crippen LogP contribution in [0.25, 0.3) is 0 Å². The molecule has 2 amide bonds. The Bertz CT molecular complexity index is 1330. The smallest absolute Gasteiger partial charge is 0.407 e. The van der Waals surface area contributed by atoms with E-state index >= 15 is 0 Å². The van der Waals surface area contributed by atoms with Crippen molar-refractivity contribution < 1.29 is 28.2 Å². The minimum atomic E-state index is -2.02. The van der Waals surface area contributed by atoms with Gasteiger partial charge >= 0.3 is 6.09 Å². The van der Waals surface area contributed by atoms with Crippen LogP contribution in [0, 0.1) is 11.7 Å². The molecule has 1 fully saturated rings. The maximum Gasteiger partial charge on any atom is 0.407 e. The molecule has 0 unspecified atom stereocenters. The van der Waals surface area contributed by atoms with Crippen molar-refractivity contribution in [3.8, 4) is 5.75 Å². The number of H-pyrrole nitrogens is 1. The lowest BCUT2D eigenvalue weighted by molar-refractivity contribution is 0.0932. The number of carbonyl (C=O) groups excluding carboxylic acids is 2. The zero-order valence-corrected chi connectivity index (χ0v) is 26.9. The van der Waals surface area contributed by atoms with Gasteiger partial charge in [-0.25, -0.2) is 14.2 Å². The van der Waals surface area contributed by atoms with Gasteiger partial charge in [0.2, 0.25) is 5.75 Å². The molecular weight excluding hydrogens is 559 g/mol. The number of hydrogen-bond donors (Lipinski definition) is 4. The van der Waals surface area contributed by atoms with E-state index < -0.39 is 54.1 Å². The Morgan fingerprint density at radius 2 is 1.81 bits per heavy atom. The highest BCUT2D eigenvalue weighted by Gasteiger charge is 2.46. The summed E-state index contributed by atoms with van der Waals surface area (Å²) in [6, 6.07) is 5.58. The molecule has 0 bridgehead atoms. The predicted octanol–water partition coefficient (Wildman–Crippen LogP) is 5.13. The minimum Gasteiger partial charge on any atom is -0.501 e. The highest BCUT2D eigenvalue weighted by atomic mass is 28.4. The van der Waals surface area contributed by atoms with Crippen molar-refractivity contribution in [3.63, 3.8) is 0 Å². The topological polar surface area (TPSA) is 143 Å². The Morgan fingerprint density at radius 3 is 2.40 bits per heavy atom. The molecule has 1 aromatic heterocycles. The zero-order chi connectivity index (χ0) is 31.5. The number of halogens is 1. The third-order valence-electron chi connectivity index (χ3n) is 8.13. The second-order valence-electron chi connectivity index (χ2n) is 13.8. The van der Waals surface area contributed by atoms with Crippen LogP contribution in [0.15, 0.2) is 29.1 Å². The van der Waals surface area contributed by atoms with E-state index in [9.17, 15) is 23.9 Å². The number of ether oxygens (including phenoxy) is 1. The summed E-state index contributed by atoms with van der Waals surface area (Å²) in [5.41, 5.74) is -2.10. The molecule has 1 aliphatic rings. The molecule has 232 valence electrons. The van der Waals surface area contributed by atoms with E-state index in [4.69, 9.17) is 9.16 Å². The fourth-order valence-electron chi connectivity index (χ4n) is 4.63.